The van der Waals surface area contributed by atoms with E-state index in [9.17, 15) is 4.79 Å². The van der Waals surface area contributed by atoms with Crippen molar-refractivity contribution in [1.29, 1.82) is 0 Å². The minimum Gasteiger partial charge on any atom is -0.494 e. The Labute approximate surface area is 155 Å². The maximum atomic E-state index is 12.7. The molecule has 2 aromatic heterocycles. The molecule has 2 aromatic carbocycles. The lowest BCUT2D eigenvalue weighted by Gasteiger charge is -2.07. The van der Waals surface area contributed by atoms with Crippen molar-refractivity contribution < 1.29 is 4.74 Å². The molecule has 0 N–H and O–H groups in total. The largest absolute Gasteiger partial charge is 0.494 e. The first-order valence-corrected chi connectivity index (χ1v) is 9.35. The quantitative estimate of drug-likeness (QED) is 0.471. The van der Waals surface area contributed by atoms with Gasteiger partial charge in [0, 0.05) is 11.4 Å². The van der Waals surface area contributed by atoms with Crippen LogP contribution in [0.25, 0.3) is 20.7 Å². The number of para-hydroxylation sites is 1. The zero-order chi connectivity index (χ0) is 17.8. The van der Waals surface area contributed by atoms with Gasteiger partial charge in [0.2, 0.25) is 0 Å². The summed E-state index contributed by atoms with van der Waals surface area (Å²) in [4.78, 5) is 19.0. The molecule has 0 unspecified atom stereocenters. The Balaban J connectivity index is 1.48. The van der Waals surface area contributed by atoms with Crippen molar-refractivity contribution in [2.75, 3.05) is 6.61 Å². The van der Waals surface area contributed by atoms with E-state index in [0.717, 1.165) is 27.4 Å². The summed E-state index contributed by atoms with van der Waals surface area (Å²) in [5.74, 6) is 0.846. The van der Waals surface area contributed by atoms with Gasteiger partial charge in [0.25, 0.3) is 5.56 Å². The van der Waals surface area contributed by atoms with Crippen LogP contribution in [-0.2, 0) is 6.54 Å². The van der Waals surface area contributed by atoms with Crippen molar-refractivity contribution in [3.05, 3.63) is 83.4 Å². The standard InChI is InChI=1S/C21H18N2O2S/c24-21-18-14-19(16-8-3-1-4-9-16)26-20(18)22-15-23(21)12-7-13-25-17-10-5-2-6-11-17/h1-6,8-11,14-15H,7,12-13H2. The van der Waals surface area contributed by atoms with E-state index in [0.29, 0.717) is 18.5 Å². The second-order valence-electron chi connectivity index (χ2n) is 5.95. The summed E-state index contributed by atoms with van der Waals surface area (Å²) in [5.41, 5.74) is 1.12. The van der Waals surface area contributed by atoms with E-state index in [4.69, 9.17) is 4.74 Å². The highest BCUT2D eigenvalue weighted by Gasteiger charge is 2.10. The maximum Gasteiger partial charge on any atom is 0.262 e. The number of fused-ring (bicyclic) bond motifs is 1. The SMILES string of the molecule is O=c1c2cc(-c3ccccc3)sc2ncn1CCCOc1ccccc1. The van der Waals surface area contributed by atoms with Crippen molar-refractivity contribution in [3.8, 4) is 16.2 Å². The average Bonchev–Trinajstić information content (AvgIpc) is 3.13. The molecule has 0 radical (unpaired) electrons. The van der Waals surface area contributed by atoms with Crippen LogP contribution in [0, 0.1) is 0 Å². The van der Waals surface area contributed by atoms with Gasteiger partial charge < -0.3 is 4.74 Å². The Morgan fingerprint density at radius 1 is 1.00 bits per heavy atom. The molecule has 2 heterocycles. The molecule has 0 amide bonds. The maximum absolute atomic E-state index is 12.7. The van der Waals surface area contributed by atoms with Crippen LogP contribution in [0.4, 0.5) is 0 Å². The lowest BCUT2D eigenvalue weighted by molar-refractivity contribution is 0.301. The summed E-state index contributed by atoms with van der Waals surface area (Å²) in [6.07, 6.45) is 2.39. The molecule has 0 aliphatic carbocycles. The van der Waals surface area contributed by atoms with Gasteiger partial charge in [-0.15, -0.1) is 11.3 Å². The molecule has 130 valence electrons. The van der Waals surface area contributed by atoms with E-state index >= 15 is 0 Å². The molecule has 0 aliphatic rings. The first-order valence-electron chi connectivity index (χ1n) is 8.53. The van der Waals surface area contributed by atoms with Gasteiger partial charge in [-0.3, -0.25) is 9.36 Å². The lowest BCUT2D eigenvalue weighted by Crippen LogP contribution is -2.21. The zero-order valence-corrected chi connectivity index (χ0v) is 15.0. The first kappa shape index (κ1) is 16.5. The molecular weight excluding hydrogens is 344 g/mol. The van der Waals surface area contributed by atoms with Crippen molar-refractivity contribution >= 4 is 21.6 Å². The third kappa shape index (κ3) is 3.53. The number of rotatable bonds is 6. The molecule has 0 aliphatic heterocycles. The van der Waals surface area contributed by atoms with E-state index in [2.05, 4.69) is 4.98 Å². The molecule has 0 bridgehead atoms. The normalized spacial score (nSPS) is 10.9. The molecule has 4 rings (SSSR count). The van der Waals surface area contributed by atoms with Gasteiger partial charge in [0.05, 0.1) is 18.3 Å². The van der Waals surface area contributed by atoms with Gasteiger partial charge in [-0.25, -0.2) is 4.98 Å². The Bertz CT molecular complexity index is 1060. The molecule has 4 aromatic rings. The van der Waals surface area contributed by atoms with Gasteiger partial charge in [-0.1, -0.05) is 48.5 Å². The second kappa shape index (κ2) is 7.54. The highest BCUT2D eigenvalue weighted by atomic mass is 32.1. The number of thiophene rings is 1. The van der Waals surface area contributed by atoms with Crippen LogP contribution >= 0.6 is 11.3 Å². The topological polar surface area (TPSA) is 44.1 Å². The predicted octanol–water partition coefficient (Wildman–Crippen LogP) is 4.59. The van der Waals surface area contributed by atoms with Gasteiger partial charge in [0.15, 0.2) is 0 Å². The predicted molar refractivity (Wildman–Crippen MR) is 106 cm³/mol. The Morgan fingerprint density at radius 2 is 1.73 bits per heavy atom. The molecule has 0 saturated carbocycles. The Kier molecular flexibility index (Phi) is 4.80. The summed E-state index contributed by atoms with van der Waals surface area (Å²) in [6, 6.07) is 21.7. The summed E-state index contributed by atoms with van der Waals surface area (Å²) in [6.45, 7) is 1.15. The van der Waals surface area contributed by atoms with Gasteiger partial charge in [-0.2, -0.15) is 0 Å². The molecule has 0 atom stereocenters. The molecule has 0 saturated heterocycles. The Morgan fingerprint density at radius 3 is 2.50 bits per heavy atom. The van der Waals surface area contributed by atoms with Gasteiger partial charge >= 0.3 is 0 Å². The van der Waals surface area contributed by atoms with E-state index < -0.39 is 0 Å². The summed E-state index contributed by atoms with van der Waals surface area (Å²) < 4.78 is 7.35. The Hall–Kier alpha value is -2.92. The third-order valence-electron chi connectivity index (χ3n) is 4.13. The zero-order valence-electron chi connectivity index (χ0n) is 14.2. The third-order valence-corrected chi connectivity index (χ3v) is 5.22. The van der Waals surface area contributed by atoms with Gasteiger partial charge in [-0.05, 0) is 30.2 Å². The van der Waals surface area contributed by atoms with Crippen molar-refractivity contribution in [2.45, 2.75) is 13.0 Å². The first-order chi connectivity index (χ1) is 12.8. The molecular formula is C21H18N2O2S. The number of hydrogen-bond donors (Lipinski definition) is 0. The van der Waals surface area contributed by atoms with Crippen LogP contribution in [0.5, 0.6) is 5.75 Å². The van der Waals surface area contributed by atoms with Crippen molar-refractivity contribution in [3.63, 3.8) is 0 Å². The van der Waals surface area contributed by atoms with Crippen LogP contribution in [0.2, 0.25) is 0 Å². The van der Waals surface area contributed by atoms with Crippen LogP contribution in [0.3, 0.4) is 0 Å². The number of nitrogens with zero attached hydrogens (tertiary/aromatic N) is 2. The highest BCUT2D eigenvalue weighted by molar-refractivity contribution is 7.21. The van der Waals surface area contributed by atoms with E-state index in [1.54, 1.807) is 22.2 Å². The summed E-state index contributed by atoms with van der Waals surface area (Å²) in [7, 11) is 0. The lowest BCUT2D eigenvalue weighted by atomic mass is 10.2. The molecule has 5 heteroatoms. The molecule has 26 heavy (non-hydrogen) atoms. The summed E-state index contributed by atoms with van der Waals surface area (Å²) >= 11 is 1.55. The highest BCUT2D eigenvalue weighted by Crippen LogP contribution is 2.30. The van der Waals surface area contributed by atoms with Crippen molar-refractivity contribution in [1.82, 2.24) is 9.55 Å². The van der Waals surface area contributed by atoms with Crippen LogP contribution < -0.4 is 10.3 Å². The number of aryl methyl sites for hydroxylation is 1. The smallest absolute Gasteiger partial charge is 0.262 e. The van der Waals surface area contributed by atoms with Crippen molar-refractivity contribution in [2.24, 2.45) is 0 Å². The number of ether oxygens (including phenoxy) is 1. The van der Waals surface area contributed by atoms with E-state index in [1.165, 1.54) is 0 Å². The second-order valence-corrected chi connectivity index (χ2v) is 6.98. The number of aromatic nitrogens is 2. The van der Waals surface area contributed by atoms with Gasteiger partial charge in [0.1, 0.15) is 10.6 Å². The fraction of sp³-hybridized carbons (Fsp3) is 0.143. The van der Waals surface area contributed by atoms with Crippen LogP contribution in [-0.4, -0.2) is 16.2 Å². The molecule has 4 nitrogen and oxygen atoms in total. The monoisotopic (exact) mass is 362 g/mol. The minimum atomic E-state index is 0.00754. The van der Waals surface area contributed by atoms with E-state index in [-0.39, 0.29) is 5.56 Å². The number of hydrogen-bond acceptors (Lipinski definition) is 4. The summed E-state index contributed by atoms with van der Waals surface area (Å²) in [5, 5.41) is 0.681. The van der Waals surface area contributed by atoms with Crippen LogP contribution in [0.1, 0.15) is 6.42 Å². The molecule has 0 fully saturated rings. The van der Waals surface area contributed by atoms with E-state index in [1.807, 2.05) is 66.7 Å². The molecule has 0 spiro atoms. The van der Waals surface area contributed by atoms with Crippen LogP contribution in [0.15, 0.2) is 77.9 Å². The fourth-order valence-electron chi connectivity index (χ4n) is 2.81. The fourth-order valence-corrected chi connectivity index (χ4v) is 3.80. The number of benzene rings is 2. The minimum absolute atomic E-state index is 0.00754. The average molecular weight is 362 g/mol.